The number of rotatable bonds is 4. The summed E-state index contributed by atoms with van der Waals surface area (Å²) >= 11 is 0. The monoisotopic (exact) mass is 476 g/mol. The normalized spacial score (nSPS) is 31.7. The number of aliphatic hydroxyl groups is 1. The molecule has 1 aromatic rings. The Balaban J connectivity index is 0.00000141. The van der Waals surface area contributed by atoms with E-state index in [1.165, 1.54) is 22.8 Å². The number of fused-ring (bicyclic) bond motifs is 4. The lowest BCUT2D eigenvalue weighted by molar-refractivity contribution is -0.137. The molecule has 4 aliphatic rings. The molecule has 0 amide bonds. The first-order valence-corrected chi connectivity index (χ1v) is 13.5. The van der Waals surface area contributed by atoms with Crippen LogP contribution < -0.4 is 0 Å². The zero-order chi connectivity index (χ0) is 25.2. The molecular weight excluding hydrogens is 436 g/mol. The van der Waals surface area contributed by atoms with E-state index in [9.17, 15) is 14.7 Å². The van der Waals surface area contributed by atoms with Gasteiger partial charge in [0.1, 0.15) is 0 Å². The highest BCUT2D eigenvalue weighted by Gasteiger charge is 2.56. The van der Waals surface area contributed by atoms with Crippen LogP contribution in [0.5, 0.6) is 0 Å². The highest BCUT2D eigenvalue weighted by molar-refractivity contribution is 5.93. The first-order valence-electron chi connectivity index (χ1n) is 13.5. The smallest absolute Gasteiger partial charge is 0.330 e. The topological polar surface area (TPSA) is 63.6 Å². The number of ether oxygens (including phenoxy) is 1. The summed E-state index contributed by atoms with van der Waals surface area (Å²) in [6.07, 6.45) is 11.4. The Morgan fingerprint density at radius 3 is 2.57 bits per heavy atom. The third-order valence-electron chi connectivity index (χ3n) is 8.72. The first kappa shape index (κ1) is 25.6. The number of benzene rings is 1. The van der Waals surface area contributed by atoms with Crippen LogP contribution in [0.2, 0.25) is 0 Å². The zero-order valence-corrected chi connectivity index (χ0v) is 21.7. The molecule has 188 valence electrons. The molecule has 5 atom stereocenters. The van der Waals surface area contributed by atoms with Gasteiger partial charge < -0.3 is 9.84 Å². The minimum absolute atomic E-state index is 0.0619. The molecule has 35 heavy (non-hydrogen) atoms. The molecule has 4 heteroatoms. The molecule has 0 heterocycles. The summed E-state index contributed by atoms with van der Waals surface area (Å²) in [7, 11) is 0. The molecule has 4 aliphatic carbocycles. The summed E-state index contributed by atoms with van der Waals surface area (Å²) in [5.74, 6) is 1.22. The Kier molecular flexibility index (Phi) is 7.80. The highest BCUT2D eigenvalue weighted by Crippen LogP contribution is 2.63. The SMILES string of the molecule is CC.CCOC(=O)/C=C/c1ccc(C2CC3(C)C(O)CCC3C3CCC4=CC(=O)CCC4=C23)cc1. The lowest BCUT2D eigenvalue weighted by atomic mass is 9.53. The van der Waals surface area contributed by atoms with Gasteiger partial charge in [-0.15, -0.1) is 0 Å². The van der Waals surface area contributed by atoms with Gasteiger partial charge in [-0.3, -0.25) is 4.79 Å². The molecule has 0 saturated heterocycles. The van der Waals surface area contributed by atoms with Crippen molar-refractivity contribution < 1.29 is 19.4 Å². The summed E-state index contributed by atoms with van der Waals surface area (Å²) in [5.41, 5.74) is 6.42. The third-order valence-corrected chi connectivity index (χ3v) is 8.72. The summed E-state index contributed by atoms with van der Waals surface area (Å²) in [4.78, 5) is 23.8. The van der Waals surface area contributed by atoms with Gasteiger partial charge in [-0.2, -0.15) is 0 Å². The van der Waals surface area contributed by atoms with E-state index in [0.717, 1.165) is 44.1 Å². The molecule has 1 aromatic carbocycles. The summed E-state index contributed by atoms with van der Waals surface area (Å²) in [5, 5.41) is 11.0. The number of carbonyl (C=O) groups is 2. The Labute approximate surface area is 210 Å². The van der Waals surface area contributed by atoms with Crippen LogP contribution in [0.25, 0.3) is 6.08 Å². The average Bonchev–Trinajstić information content (AvgIpc) is 3.17. The van der Waals surface area contributed by atoms with E-state index >= 15 is 0 Å². The summed E-state index contributed by atoms with van der Waals surface area (Å²) in [6, 6.07) is 8.48. The Hall–Kier alpha value is -2.46. The maximum Gasteiger partial charge on any atom is 0.330 e. The first-order chi connectivity index (χ1) is 16.9. The second-order valence-electron chi connectivity index (χ2n) is 10.4. The van der Waals surface area contributed by atoms with E-state index in [2.05, 4.69) is 31.2 Å². The van der Waals surface area contributed by atoms with Crippen molar-refractivity contribution in [1.82, 2.24) is 0 Å². The van der Waals surface area contributed by atoms with Crippen LogP contribution in [0.1, 0.15) is 89.7 Å². The van der Waals surface area contributed by atoms with E-state index < -0.39 is 0 Å². The largest absolute Gasteiger partial charge is 0.463 e. The molecular formula is C31H40O4. The lowest BCUT2D eigenvalue weighted by Gasteiger charge is -2.52. The maximum atomic E-state index is 12.1. The lowest BCUT2D eigenvalue weighted by Crippen LogP contribution is -2.45. The van der Waals surface area contributed by atoms with Gasteiger partial charge in [-0.25, -0.2) is 4.79 Å². The van der Waals surface area contributed by atoms with Crippen LogP contribution in [-0.4, -0.2) is 29.6 Å². The molecule has 2 saturated carbocycles. The van der Waals surface area contributed by atoms with Crippen molar-refractivity contribution in [2.45, 2.75) is 84.7 Å². The van der Waals surface area contributed by atoms with Crippen LogP contribution in [0.15, 0.2) is 53.1 Å². The van der Waals surface area contributed by atoms with Crippen molar-refractivity contribution in [3.05, 3.63) is 64.3 Å². The van der Waals surface area contributed by atoms with Gasteiger partial charge >= 0.3 is 5.97 Å². The van der Waals surface area contributed by atoms with Crippen LogP contribution in [0.4, 0.5) is 0 Å². The number of aliphatic hydroxyl groups excluding tert-OH is 1. The molecule has 1 N–H and O–H groups in total. The van der Waals surface area contributed by atoms with Crippen molar-refractivity contribution in [2.75, 3.05) is 6.61 Å². The molecule has 0 radical (unpaired) electrons. The zero-order valence-electron chi connectivity index (χ0n) is 21.7. The molecule has 2 fully saturated rings. The van der Waals surface area contributed by atoms with Gasteiger partial charge in [0.05, 0.1) is 12.7 Å². The maximum absolute atomic E-state index is 12.1. The fraction of sp³-hybridized carbons (Fsp3) is 0.548. The number of esters is 1. The number of hydrogen-bond acceptors (Lipinski definition) is 4. The number of ketones is 1. The Morgan fingerprint density at radius 1 is 1.11 bits per heavy atom. The van der Waals surface area contributed by atoms with Gasteiger partial charge in [0.25, 0.3) is 0 Å². The van der Waals surface area contributed by atoms with Crippen molar-refractivity contribution in [1.29, 1.82) is 0 Å². The molecule has 5 unspecified atom stereocenters. The second kappa shape index (κ2) is 10.7. The van der Waals surface area contributed by atoms with E-state index in [0.29, 0.717) is 24.9 Å². The molecule has 0 bridgehead atoms. The Morgan fingerprint density at radius 2 is 1.86 bits per heavy atom. The molecule has 4 nitrogen and oxygen atoms in total. The van der Waals surface area contributed by atoms with Crippen molar-refractivity contribution in [3.8, 4) is 0 Å². The average molecular weight is 477 g/mol. The Bertz CT molecular complexity index is 1040. The predicted molar refractivity (Wildman–Crippen MR) is 140 cm³/mol. The van der Waals surface area contributed by atoms with E-state index in [-0.39, 0.29) is 29.2 Å². The van der Waals surface area contributed by atoms with Gasteiger partial charge in [-0.1, -0.05) is 50.6 Å². The van der Waals surface area contributed by atoms with Crippen LogP contribution in [0, 0.1) is 17.3 Å². The minimum Gasteiger partial charge on any atom is -0.463 e. The van der Waals surface area contributed by atoms with Gasteiger partial charge in [-0.05, 0) is 97.1 Å². The van der Waals surface area contributed by atoms with E-state index in [1.54, 1.807) is 18.6 Å². The number of hydrogen-bond donors (Lipinski definition) is 1. The number of carbonyl (C=O) groups excluding carboxylic acids is 2. The van der Waals surface area contributed by atoms with Gasteiger partial charge in [0, 0.05) is 18.4 Å². The number of allylic oxidation sites excluding steroid dienone is 4. The van der Waals surface area contributed by atoms with Crippen LogP contribution in [-0.2, 0) is 14.3 Å². The summed E-state index contributed by atoms with van der Waals surface area (Å²) in [6.45, 7) is 8.47. The molecule has 0 aromatic heterocycles. The predicted octanol–water partition coefficient (Wildman–Crippen LogP) is 6.55. The summed E-state index contributed by atoms with van der Waals surface area (Å²) < 4.78 is 4.98. The van der Waals surface area contributed by atoms with Crippen LogP contribution >= 0.6 is 0 Å². The molecule has 0 spiro atoms. The highest BCUT2D eigenvalue weighted by atomic mass is 16.5. The minimum atomic E-state index is -0.328. The second-order valence-corrected chi connectivity index (χ2v) is 10.4. The van der Waals surface area contributed by atoms with E-state index in [1.807, 2.05) is 19.9 Å². The molecule has 5 rings (SSSR count). The fourth-order valence-corrected chi connectivity index (χ4v) is 7.13. The quantitative estimate of drug-likeness (QED) is 0.395. The van der Waals surface area contributed by atoms with Crippen LogP contribution in [0.3, 0.4) is 0 Å². The van der Waals surface area contributed by atoms with Crippen molar-refractivity contribution >= 4 is 17.8 Å². The fourth-order valence-electron chi connectivity index (χ4n) is 7.13. The van der Waals surface area contributed by atoms with Gasteiger partial charge in [0.2, 0.25) is 0 Å². The molecule has 0 aliphatic heterocycles. The standard InChI is InChI=1S/C29H34O4.C2H6/c1-3-33-27(32)15-6-18-4-7-19(8-5-18)24-17-29(2)25(13-14-26(29)31)23-11-9-20-16-21(30)10-12-22(20)28(23)24;1-2/h4-8,15-16,23-26,31H,3,9-14,17H2,1-2H3;1-2H3/b15-6+;. The van der Waals surface area contributed by atoms with Gasteiger partial charge in [0.15, 0.2) is 5.78 Å². The van der Waals surface area contributed by atoms with Crippen molar-refractivity contribution in [2.24, 2.45) is 17.3 Å². The van der Waals surface area contributed by atoms with Crippen molar-refractivity contribution in [3.63, 3.8) is 0 Å². The third kappa shape index (κ3) is 4.82. The van der Waals surface area contributed by atoms with E-state index in [4.69, 9.17) is 4.74 Å².